The van der Waals surface area contributed by atoms with Crippen molar-refractivity contribution < 1.29 is 0 Å². The monoisotopic (exact) mass is 366 g/mol. The van der Waals surface area contributed by atoms with E-state index in [2.05, 4.69) is 65.6 Å². The van der Waals surface area contributed by atoms with Crippen LogP contribution in [-0.4, -0.2) is 29.2 Å². The van der Waals surface area contributed by atoms with Crippen molar-refractivity contribution in [3.8, 4) is 0 Å². The molecule has 0 bridgehead atoms. The van der Waals surface area contributed by atoms with Crippen LogP contribution in [-0.2, 0) is 0 Å². The highest BCUT2D eigenvalue weighted by Crippen LogP contribution is 2.17. The number of nitrogens with zero attached hydrogens (tertiary/aromatic N) is 6. The van der Waals surface area contributed by atoms with Crippen molar-refractivity contribution in [2.45, 2.75) is 13.8 Å². The van der Waals surface area contributed by atoms with Crippen molar-refractivity contribution in [2.75, 3.05) is 0 Å². The molecule has 4 heterocycles. The molecule has 2 aromatic carbocycles. The van der Waals surface area contributed by atoms with E-state index in [0.29, 0.717) is 0 Å². The molecule has 0 saturated carbocycles. The van der Waals surface area contributed by atoms with Crippen molar-refractivity contribution in [1.29, 1.82) is 0 Å². The Labute approximate surface area is 161 Å². The number of aryl methyl sites for hydroxylation is 2. The third-order valence-corrected chi connectivity index (χ3v) is 4.88. The van der Waals surface area contributed by atoms with E-state index in [1.54, 1.807) is 0 Å². The first-order valence-corrected chi connectivity index (χ1v) is 9.11. The van der Waals surface area contributed by atoms with Crippen LogP contribution in [0, 0.1) is 13.8 Å². The Kier molecular flexibility index (Phi) is 3.76. The zero-order chi connectivity index (χ0) is 19.1. The molecule has 0 spiro atoms. The van der Waals surface area contributed by atoms with Gasteiger partial charge in [0.1, 0.15) is 11.6 Å². The maximum Gasteiger partial charge on any atom is 0.161 e. The molecule has 28 heavy (non-hydrogen) atoms. The van der Waals surface area contributed by atoms with Crippen LogP contribution in [0.4, 0.5) is 0 Å². The molecule has 0 unspecified atom stereocenters. The van der Waals surface area contributed by atoms with Crippen LogP contribution < -0.4 is 0 Å². The van der Waals surface area contributed by atoms with Gasteiger partial charge in [-0.3, -0.25) is 8.80 Å². The zero-order valence-electron chi connectivity index (χ0n) is 15.6. The van der Waals surface area contributed by atoms with Crippen LogP contribution in [0.5, 0.6) is 0 Å². The smallest absolute Gasteiger partial charge is 0.161 e. The molecule has 0 atom stereocenters. The van der Waals surface area contributed by atoms with Gasteiger partial charge in [0.25, 0.3) is 0 Å². The van der Waals surface area contributed by atoms with Crippen LogP contribution in [0.3, 0.4) is 0 Å². The third kappa shape index (κ3) is 2.58. The number of hydrogen-bond donors (Lipinski definition) is 0. The first kappa shape index (κ1) is 16.4. The number of pyridine rings is 2. The summed E-state index contributed by atoms with van der Waals surface area (Å²) >= 11 is 0. The van der Waals surface area contributed by atoms with Crippen LogP contribution in [0.2, 0.25) is 0 Å². The Morgan fingerprint density at radius 1 is 0.500 bits per heavy atom. The van der Waals surface area contributed by atoms with Gasteiger partial charge in [-0.1, -0.05) is 36.4 Å². The molecule has 6 nitrogen and oxygen atoms in total. The summed E-state index contributed by atoms with van der Waals surface area (Å²) in [5, 5.41) is 18.7. The Balaban J connectivity index is 0.000000122. The van der Waals surface area contributed by atoms with Crippen LogP contribution in [0.1, 0.15) is 11.6 Å². The third-order valence-electron chi connectivity index (χ3n) is 4.88. The van der Waals surface area contributed by atoms with Gasteiger partial charge in [-0.15, -0.1) is 20.4 Å². The van der Waals surface area contributed by atoms with Crippen molar-refractivity contribution in [1.82, 2.24) is 29.2 Å². The Bertz CT molecular complexity index is 1330. The molecule has 0 aliphatic rings. The topological polar surface area (TPSA) is 60.4 Å². The average molecular weight is 366 g/mol. The fourth-order valence-corrected chi connectivity index (χ4v) is 3.56. The number of rotatable bonds is 0. The number of fused-ring (bicyclic) bond motifs is 6. The van der Waals surface area contributed by atoms with Gasteiger partial charge in [0.05, 0.1) is 11.0 Å². The Morgan fingerprint density at radius 3 is 1.39 bits per heavy atom. The van der Waals surface area contributed by atoms with Gasteiger partial charge >= 0.3 is 0 Å². The number of benzene rings is 2. The van der Waals surface area contributed by atoms with Gasteiger partial charge in [-0.05, 0) is 61.0 Å². The van der Waals surface area contributed by atoms with Crippen molar-refractivity contribution >= 4 is 33.1 Å². The fourth-order valence-electron chi connectivity index (χ4n) is 3.56. The van der Waals surface area contributed by atoms with Crippen LogP contribution in [0.25, 0.3) is 33.1 Å². The maximum atomic E-state index is 4.08. The van der Waals surface area contributed by atoms with E-state index < -0.39 is 0 Å². The van der Waals surface area contributed by atoms with Crippen molar-refractivity contribution in [2.24, 2.45) is 0 Å². The Hall–Kier alpha value is -3.80. The lowest BCUT2D eigenvalue weighted by atomic mass is 10.2. The molecule has 0 amide bonds. The molecule has 0 aliphatic heterocycles. The molecule has 6 heteroatoms. The van der Waals surface area contributed by atoms with Gasteiger partial charge in [0.15, 0.2) is 11.3 Å². The minimum Gasteiger partial charge on any atom is -0.279 e. The number of hydrogen-bond acceptors (Lipinski definition) is 4. The molecule has 4 aromatic heterocycles. The molecule has 0 aliphatic carbocycles. The minimum atomic E-state index is 0.904. The fraction of sp³-hybridized carbons (Fsp3) is 0.0909. The van der Waals surface area contributed by atoms with Gasteiger partial charge < -0.3 is 0 Å². The summed E-state index contributed by atoms with van der Waals surface area (Å²) < 4.78 is 4.13. The molecule has 6 rings (SSSR count). The summed E-state index contributed by atoms with van der Waals surface area (Å²) in [5.41, 5.74) is 4.13. The van der Waals surface area contributed by atoms with E-state index >= 15 is 0 Å². The second-order valence-electron chi connectivity index (χ2n) is 6.67. The largest absolute Gasteiger partial charge is 0.279 e. The normalized spacial score (nSPS) is 11.2. The highest BCUT2D eigenvalue weighted by molar-refractivity contribution is 5.82. The van der Waals surface area contributed by atoms with Gasteiger partial charge in [-0.25, -0.2) is 0 Å². The van der Waals surface area contributed by atoms with E-state index in [1.165, 1.54) is 10.8 Å². The van der Waals surface area contributed by atoms with Gasteiger partial charge in [0.2, 0.25) is 0 Å². The second-order valence-corrected chi connectivity index (χ2v) is 6.67. The molecular formula is C22H18N6. The van der Waals surface area contributed by atoms with E-state index in [0.717, 1.165) is 34.0 Å². The first-order chi connectivity index (χ1) is 13.7. The zero-order valence-corrected chi connectivity index (χ0v) is 15.6. The predicted octanol–water partition coefficient (Wildman–Crippen LogP) is 4.38. The van der Waals surface area contributed by atoms with E-state index in [-0.39, 0.29) is 0 Å². The lowest BCUT2D eigenvalue weighted by Crippen LogP contribution is -1.89. The average Bonchev–Trinajstić information content (AvgIpc) is 3.32. The lowest BCUT2D eigenvalue weighted by Gasteiger charge is -2.01. The molecule has 0 radical (unpaired) electrons. The first-order valence-electron chi connectivity index (χ1n) is 9.11. The molecule has 0 saturated heterocycles. The molecule has 136 valence electrons. The van der Waals surface area contributed by atoms with Gasteiger partial charge in [0, 0.05) is 0 Å². The summed E-state index contributed by atoms with van der Waals surface area (Å²) in [7, 11) is 0. The molecule has 6 aromatic rings. The van der Waals surface area contributed by atoms with E-state index in [4.69, 9.17) is 0 Å². The summed E-state index contributed by atoms with van der Waals surface area (Å²) in [6, 6.07) is 24.6. The molecule has 0 fully saturated rings. The summed E-state index contributed by atoms with van der Waals surface area (Å²) in [6.45, 7) is 3.93. The van der Waals surface area contributed by atoms with E-state index in [9.17, 15) is 0 Å². The van der Waals surface area contributed by atoms with Crippen molar-refractivity contribution in [3.63, 3.8) is 0 Å². The SMILES string of the molecule is Cc1nnc2ccc3ccccc3n12.Cc1nnc2ccc3ccccc3n12. The molecular weight excluding hydrogens is 348 g/mol. The predicted molar refractivity (Wildman–Crippen MR) is 110 cm³/mol. The van der Waals surface area contributed by atoms with Crippen LogP contribution in [0.15, 0.2) is 72.8 Å². The maximum absolute atomic E-state index is 4.08. The van der Waals surface area contributed by atoms with Crippen LogP contribution >= 0.6 is 0 Å². The highest BCUT2D eigenvalue weighted by Gasteiger charge is 2.04. The number of para-hydroxylation sites is 2. The lowest BCUT2D eigenvalue weighted by molar-refractivity contribution is 1.02. The van der Waals surface area contributed by atoms with E-state index in [1.807, 2.05) is 50.2 Å². The number of aromatic nitrogens is 6. The standard InChI is InChI=1S/2C11H9N3/c2*1-8-12-13-11-7-6-9-4-2-3-5-10(9)14(8)11/h2*2-7H,1H3. The summed E-state index contributed by atoms with van der Waals surface area (Å²) in [4.78, 5) is 0. The highest BCUT2D eigenvalue weighted by atomic mass is 15.2. The minimum absolute atomic E-state index is 0.904. The summed E-state index contributed by atoms with van der Waals surface area (Å²) in [6.07, 6.45) is 0. The summed E-state index contributed by atoms with van der Waals surface area (Å²) in [5.74, 6) is 1.86. The van der Waals surface area contributed by atoms with Gasteiger partial charge in [-0.2, -0.15) is 0 Å². The molecule has 0 N–H and O–H groups in total. The van der Waals surface area contributed by atoms with Crippen molar-refractivity contribution in [3.05, 3.63) is 84.4 Å². The Morgan fingerprint density at radius 2 is 0.929 bits per heavy atom. The second kappa shape index (κ2) is 6.42. The quantitative estimate of drug-likeness (QED) is 0.400.